The van der Waals surface area contributed by atoms with Crippen LogP contribution in [0.15, 0.2) is 54.6 Å². The van der Waals surface area contributed by atoms with Gasteiger partial charge in [0.2, 0.25) is 0 Å². The first-order valence-electron chi connectivity index (χ1n) is 17.1. The molecule has 5 heteroatoms. The molecule has 1 saturated heterocycles. The molecule has 0 aromatic heterocycles. The van der Waals surface area contributed by atoms with E-state index in [9.17, 15) is 4.79 Å². The molecule has 1 fully saturated rings. The topological polar surface area (TPSA) is 47.8 Å². The van der Waals surface area contributed by atoms with Gasteiger partial charge in [-0.3, -0.25) is 9.69 Å². The van der Waals surface area contributed by atoms with Crippen molar-refractivity contribution in [3.8, 4) is 11.5 Å². The minimum Gasteiger partial charge on any atom is -0.496 e. The smallest absolute Gasteiger partial charge is 0.325 e. The first kappa shape index (κ1) is 36.5. The zero-order valence-electron chi connectivity index (χ0n) is 31.7. The van der Waals surface area contributed by atoms with Crippen LogP contribution < -0.4 is 9.47 Å². The van der Waals surface area contributed by atoms with Gasteiger partial charge >= 0.3 is 5.97 Å². The first-order valence-corrected chi connectivity index (χ1v) is 17.1. The van der Waals surface area contributed by atoms with Crippen molar-refractivity contribution in [3.05, 3.63) is 93.5 Å². The van der Waals surface area contributed by atoms with Crippen LogP contribution in [0.25, 0.3) is 0 Å². The number of hydrogen-bond acceptors (Lipinski definition) is 5. The molecule has 0 spiro atoms. The molecular weight excluding hydrogens is 582 g/mol. The zero-order chi connectivity index (χ0) is 35.3. The Morgan fingerprint density at radius 2 is 1.02 bits per heavy atom. The molecule has 1 aliphatic rings. The number of rotatable bonds is 8. The Bertz CT molecular complexity index is 1420. The van der Waals surface area contributed by atoms with Crippen molar-refractivity contribution in [2.24, 2.45) is 0 Å². The molecule has 47 heavy (non-hydrogen) atoms. The highest BCUT2D eigenvalue weighted by molar-refractivity contribution is 5.81. The van der Waals surface area contributed by atoms with E-state index >= 15 is 0 Å². The number of ether oxygens (including phenoxy) is 3. The minimum atomic E-state index is -0.418. The van der Waals surface area contributed by atoms with Crippen LogP contribution in [0.1, 0.15) is 141 Å². The molecule has 4 rings (SSSR count). The highest BCUT2D eigenvalue weighted by Gasteiger charge is 2.58. The highest BCUT2D eigenvalue weighted by atomic mass is 16.5. The van der Waals surface area contributed by atoms with Crippen LogP contribution in [0, 0.1) is 0 Å². The summed E-state index contributed by atoms with van der Waals surface area (Å²) in [6, 6.07) is 18.9. The van der Waals surface area contributed by atoms with Gasteiger partial charge in [-0.2, -0.15) is 0 Å². The molecule has 0 aliphatic carbocycles. The van der Waals surface area contributed by atoms with Gasteiger partial charge in [0.25, 0.3) is 0 Å². The molecule has 1 heterocycles. The molecular formula is C42H59NO4. The molecule has 256 valence electrons. The predicted molar refractivity (Wildman–Crippen MR) is 194 cm³/mol. The molecule has 0 radical (unpaired) electrons. The van der Waals surface area contributed by atoms with Crippen molar-refractivity contribution >= 4 is 5.97 Å². The van der Waals surface area contributed by atoms with Gasteiger partial charge in [-0.05, 0) is 69.5 Å². The van der Waals surface area contributed by atoms with Gasteiger partial charge in [-0.1, -0.05) is 113 Å². The van der Waals surface area contributed by atoms with E-state index < -0.39 is 6.04 Å². The number of methoxy groups -OCH3 is 2. The summed E-state index contributed by atoms with van der Waals surface area (Å²) >= 11 is 0. The Balaban J connectivity index is 2.16. The summed E-state index contributed by atoms with van der Waals surface area (Å²) in [5, 5.41) is 0. The van der Waals surface area contributed by atoms with E-state index in [1.54, 1.807) is 14.2 Å². The number of hydrogen-bond donors (Lipinski definition) is 0. The Morgan fingerprint density at radius 1 is 0.660 bits per heavy atom. The highest BCUT2D eigenvalue weighted by Crippen LogP contribution is 2.55. The van der Waals surface area contributed by atoms with Crippen LogP contribution in [-0.4, -0.2) is 37.7 Å². The molecule has 0 bridgehead atoms. The van der Waals surface area contributed by atoms with Gasteiger partial charge in [0.05, 0.1) is 32.9 Å². The number of benzene rings is 3. The lowest BCUT2D eigenvalue weighted by atomic mass is 9.75. The average Bonchev–Trinajstić information content (AvgIpc) is 3.70. The maximum absolute atomic E-state index is 13.8. The average molecular weight is 642 g/mol. The van der Waals surface area contributed by atoms with E-state index in [4.69, 9.17) is 14.2 Å². The van der Waals surface area contributed by atoms with E-state index in [1.807, 2.05) is 13.0 Å². The fraction of sp³-hybridized carbons (Fsp3) is 0.548. The van der Waals surface area contributed by atoms with Gasteiger partial charge in [-0.25, -0.2) is 0 Å². The zero-order valence-corrected chi connectivity index (χ0v) is 31.7. The monoisotopic (exact) mass is 641 g/mol. The number of carbonyl (C=O) groups excluding carboxylic acids is 1. The third-order valence-electron chi connectivity index (χ3n) is 9.31. The number of esters is 1. The Hall–Kier alpha value is -3.31. The Morgan fingerprint density at radius 3 is 1.32 bits per heavy atom. The second-order valence-electron chi connectivity index (χ2n) is 17.2. The lowest BCUT2D eigenvalue weighted by Crippen LogP contribution is -2.25. The lowest BCUT2D eigenvalue weighted by molar-refractivity contribution is -0.143. The van der Waals surface area contributed by atoms with E-state index in [2.05, 4.69) is 137 Å². The van der Waals surface area contributed by atoms with Crippen LogP contribution in [0.2, 0.25) is 0 Å². The molecule has 0 N–H and O–H groups in total. The molecule has 5 nitrogen and oxygen atoms in total. The van der Waals surface area contributed by atoms with Gasteiger partial charge in [0, 0.05) is 22.3 Å². The minimum absolute atomic E-state index is 0.128. The van der Waals surface area contributed by atoms with Crippen molar-refractivity contribution in [2.45, 2.75) is 130 Å². The third-order valence-corrected chi connectivity index (χ3v) is 9.31. The van der Waals surface area contributed by atoms with Gasteiger partial charge in [-0.15, -0.1) is 0 Å². The van der Waals surface area contributed by atoms with Gasteiger partial charge < -0.3 is 14.2 Å². The molecule has 3 aromatic carbocycles. The summed E-state index contributed by atoms with van der Waals surface area (Å²) in [4.78, 5) is 16.1. The lowest BCUT2D eigenvalue weighted by Gasteiger charge is -2.34. The SMILES string of the molecule is CCOC(=O)[C@H]1[C@@H](c2ccccc2)N1C(c1cc(C(C)(C)C)c(OC)c(C(C)(C)C)c1)c1cc(C(C)(C)C)c(OC)c(C(C)(C)C)c1. The van der Waals surface area contributed by atoms with Crippen LogP contribution in [0.4, 0.5) is 0 Å². The quantitative estimate of drug-likeness (QED) is 0.181. The molecule has 3 atom stereocenters. The molecule has 1 unspecified atom stereocenters. The van der Waals surface area contributed by atoms with Crippen LogP contribution in [-0.2, 0) is 31.2 Å². The Labute approximate surface area is 285 Å². The summed E-state index contributed by atoms with van der Waals surface area (Å²) < 4.78 is 18.1. The van der Waals surface area contributed by atoms with E-state index in [0.29, 0.717) is 6.61 Å². The summed E-state index contributed by atoms with van der Waals surface area (Å²) in [5.74, 6) is 1.67. The van der Waals surface area contributed by atoms with Crippen molar-refractivity contribution in [3.63, 3.8) is 0 Å². The Kier molecular flexibility index (Phi) is 10.1. The van der Waals surface area contributed by atoms with Crippen molar-refractivity contribution < 1.29 is 19.0 Å². The number of carbonyl (C=O) groups is 1. The summed E-state index contributed by atoms with van der Waals surface area (Å²) in [7, 11) is 3.55. The van der Waals surface area contributed by atoms with Crippen LogP contribution in [0.3, 0.4) is 0 Å². The molecule has 1 aliphatic heterocycles. The summed E-state index contributed by atoms with van der Waals surface area (Å²) in [5.41, 5.74) is 7.26. The summed E-state index contributed by atoms with van der Waals surface area (Å²) in [6.07, 6.45) is 0. The fourth-order valence-electron chi connectivity index (χ4n) is 6.88. The van der Waals surface area contributed by atoms with Crippen LogP contribution >= 0.6 is 0 Å². The van der Waals surface area contributed by atoms with Crippen molar-refractivity contribution in [1.29, 1.82) is 0 Å². The van der Waals surface area contributed by atoms with E-state index in [0.717, 1.165) is 50.4 Å². The maximum Gasteiger partial charge on any atom is 0.325 e. The summed E-state index contributed by atoms with van der Waals surface area (Å²) in [6.45, 7) is 29.1. The fourth-order valence-corrected chi connectivity index (χ4v) is 6.88. The standard InChI is InChI=1S/C42H59NO4/c1-16-47-38(44)35-34(26-20-18-17-19-21-26)43(35)33(27-22-29(39(2,3)4)36(45-14)30(23-27)40(5,6)7)28-24-31(41(8,9)10)37(46-15)32(25-28)42(11,12)13/h17-25,33-35H,16H2,1-15H3/t34-,35-,43?/m1/s1. The maximum atomic E-state index is 13.8. The van der Waals surface area contributed by atoms with Gasteiger partial charge in [0.1, 0.15) is 17.5 Å². The molecule has 0 saturated carbocycles. The number of nitrogens with zero attached hydrogens (tertiary/aromatic N) is 1. The van der Waals surface area contributed by atoms with Gasteiger partial charge in [0.15, 0.2) is 0 Å². The van der Waals surface area contributed by atoms with Crippen molar-refractivity contribution in [1.82, 2.24) is 4.90 Å². The third kappa shape index (κ3) is 7.41. The molecule has 3 aromatic rings. The molecule has 0 amide bonds. The largest absolute Gasteiger partial charge is 0.496 e. The van der Waals surface area contributed by atoms with E-state index in [1.165, 1.54) is 0 Å². The van der Waals surface area contributed by atoms with Crippen LogP contribution in [0.5, 0.6) is 11.5 Å². The first-order chi connectivity index (χ1) is 21.7. The second-order valence-corrected chi connectivity index (χ2v) is 17.2. The van der Waals surface area contributed by atoms with E-state index in [-0.39, 0.29) is 39.7 Å². The predicted octanol–water partition coefficient (Wildman–Crippen LogP) is 9.97. The van der Waals surface area contributed by atoms with Crippen molar-refractivity contribution in [2.75, 3.05) is 20.8 Å². The second kappa shape index (κ2) is 13.0. The normalized spacial score (nSPS) is 18.7.